The highest BCUT2D eigenvalue weighted by Gasteiger charge is 2.32. The summed E-state index contributed by atoms with van der Waals surface area (Å²) in [7, 11) is 0. The Morgan fingerprint density at radius 2 is 2.00 bits per heavy atom. The van der Waals surface area contributed by atoms with Crippen LogP contribution in [0, 0.1) is 6.92 Å². The Morgan fingerprint density at radius 3 is 2.63 bits per heavy atom. The van der Waals surface area contributed by atoms with Gasteiger partial charge in [-0.1, -0.05) is 30.3 Å². The normalized spacial score (nSPS) is 15.4. The van der Waals surface area contributed by atoms with E-state index in [0.29, 0.717) is 18.7 Å². The largest absolute Gasteiger partial charge is 0.478 e. The molecule has 27 heavy (non-hydrogen) atoms. The van der Waals surface area contributed by atoms with Crippen molar-refractivity contribution in [2.24, 2.45) is 0 Å². The molecule has 7 nitrogen and oxygen atoms in total. The molecule has 1 atom stereocenters. The molecule has 0 spiro atoms. The van der Waals surface area contributed by atoms with Crippen LogP contribution in [0.5, 0.6) is 0 Å². The van der Waals surface area contributed by atoms with Gasteiger partial charge in [-0.05, 0) is 31.4 Å². The van der Waals surface area contributed by atoms with Crippen LogP contribution < -0.4 is 5.32 Å². The third-order valence-electron chi connectivity index (χ3n) is 4.67. The number of benzene rings is 1. The van der Waals surface area contributed by atoms with Crippen LogP contribution in [0.2, 0.25) is 0 Å². The first-order valence-electron chi connectivity index (χ1n) is 8.92. The van der Waals surface area contributed by atoms with E-state index >= 15 is 0 Å². The molecule has 1 aliphatic rings. The van der Waals surface area contributed by atoms with Crippen LogP contribution in [0.15, 0.2) is 40.8 Å². The summed E-state index contributed by atoms with van der Waals surface area (Å²) in [6.07, 6.45) is 2.14. The summed E-state index contributed by atoms with van der Waals surface area (Å²) in [5.74, 6) is -0.780. The number of hydrogen-bond donors (Lipinski definition) is 2. The highest BCUT2D eigenvalue weighted by Crippen LogP contribution is 2.26. The minimum absolute atomic E-state index is 0.0349. The number of carboxylic acids is 1. The predicted molar refractivity (Wildman–Crippen MR) is 97.0 cm³/mol. The van der Waals surface area contributed by atoms with Crippen LogP contribution in [0.4, 0.5) is 0 Å². The third kappa shape index (κ3) is 4.19. The first-order chi connectivity index (χ1) is 13.0. The van der Waals surface area contributed by atoms with E-state index in [-0.39, 0.29) is 29.7 Å². The van der Waals surface area contributed by atoms with E-state index in [9.17, 15) is 14.4 Å². The molecule has 0 bridgehead atoms. The summed E-state index contributed by atoms with van der Waals surface area (Å²) in [6, 6.07) is 9.86. The number of aromatic carboxylic acids is 1. The summed E-state index contributed by atoms with van der Waals surface area (Å²) in [5, 5.41) is 11.9. The van der Waals surface area contributed by atoms with Crippen molar-refractivity contribution in [1.82, 2.24) is 10.2 Å². The SMILES string of the molecule is Cc1oc(CNC(=O)C(c2ccccc2)N2CCCCC2=O)cc1C(=O)O. The molecular formula is C20H22N2O5. The van der Waals surface area contributed by atoms with Crippen molar-refractivity contribution < 1.29 is 23.9 Å². The van der Waals surface area contributed by atoms with Crippen molar-refractivity contribution in [2.75, 3.05) is 6.54 Å². The minimum Gasteiger partial charge on any atom is -0.478 e. The Bertz CT molecular complexity index is 843. The fourth-order valence-corrected chi connectivity index (χ4v) is 3.32. The fourth-order valence-electron chi connectivity index (χ4n) is 3.32. The molecule has 0 radical (unpaired) electrons. The van der Waals surface area contributed by atoms with Gasteiger partial charge in [0.15, 0.2) is 0 Å². The number of carbonyl (C=O) groups excluding carboxylic acids is 2. The molecule has 0 aliphatic carbocycles. The molecule has 2 heterocycles. The van der Waals surface area contributed by atoms with Gasteiger partial charge < -0.3 is 19.7 Å². The number of hydrogen-bond acceptors (Lipinski definition) is 4. The number of amides is 2. The van der Waals surface area contributed by atoms with Crippen LogP contribution in [-0.4, -0.2) is 34.3 Å². The average molecular weight is 370 g/mol. The number of piperidine rings is 1. The van der Waals surface area contributed by atoms with Gasteiger partial charge in [-0.15, -0.1) is 0 Å². The number of furan rings is 1. The molecule has 3 rings (SSSR count). The lowest BCUT2D eigenvalue weighted by atomic mass is 10.0. The lowest BCUT2D eigenvalue weighted by molar-refractivity contribution is -0.142. The minimum atomic E-state index is -1.07. The van der Waals surface area contributed by atoms with E-state index in [2.05, 4.69) is 5.32 Å². The average Bonchev–Trinajstić information content (AvgIpc) is 3.04. The van der Waals surface area contributed by atoms with Crippen LogP contribution >= 0.6 is 0 Å². The zero-order valence-corrected chi connectivity index (χ0v) is 15.1. The second-order valence-corrected chi connectivity index (χ2v) is 6.56. The molecule has 2 N–H and O–H groups in total. The second-order valence-electron chi connectivity index (χ2n) is 6.56. The summed E-state index contributed by atoms with van der Waals surface area (Å²) < 4.78 is 5.40. The smallest absolute Gasteiger partial charge is 0.339 e. The number of rotatable bonds is 6. The monoisotopic (exact) mass is 370 g/mol. The van der Waals surface area contributed by atoms with Gasteiger partial charge in [0, 0.05) is 13.0 Å². The maximum atomic E-state index is 12.9. The van der Waals surface area contributed by atoms with Gasteiger partial charge in [0.2, 0.25) is 11.8 Å². The third-order valence-corrected chi connectivity index (χ3v) is 4.67. The molecular weight excluding hydrogens is 348 g/mol. The lowest BCUT2D eigenvalue weighted by Gasteiger charge is -2.34. The zero-order valence-electron chi connectivity index (χ0n) is 15.1. The van der Waals surface area contributed by atoms with Crippen LogP contribution in [0.1, 0.15) is 52.7 Å². The van der Waals surface area contributed by atoms with E-state index < -0.39 is 12.0 Å². The van der Waals surface area contributed by atoms with Gasteiger partial charge in [0.1, 0.15) is 23.1 Å². The molecule has 1 unspecified atom stereocenters. The van der Waals surface area contributed by atoms with E-state index in [1.165, 1.54) is 6.07 Å². The Hall–Kier alpha value is -3.09. The fraction of sp³-hybridized carbons (Fsp3) is 0.350. The summed E-state index contributed by atoms with van der Waals surface area (Å²) in [5.41, 5.74) is 0.817. The Kier molecular flexibility index (Phi) is 5.59. The maximum absolute atomic E-state index is 12.9. The van der Waals surface area contributed by atoms with Gasteiger partial charge >= 0.3 is 5.97 Å². The number of nitrogens with one attached hydrogen (secondary N) is 1. The molecule has 0 saturated carbocycles. The molecule has 1 aliphatic heterocycles. The molecule has 1 aromatic carbocycles. The molecule has 7 heteroatoms. The lowest BCUT2D eigenvalue weighted by Crippen LogP contribution is -2.45. The van der Waals surface area contributed by atoms with Crippen molar-refractivity contribution in [1.29, 1.82) is 0 Å². The number of nitrogens with zero attached hydrogens (tertiary/aromatic N) is 1. The first-order valence-corrected chi connectivity index (χ1v) is 8.92. The van der Waals surface area contributed by atoms with Crippen molar-refractivity contribution in [3.8, 4) is 0 Å². The maximum Gasteiger partial charge on any atom is 0.339 e. The number of likely N-dealkylation sites (tertiary alicyclic amines) is 1. The Balaban J connectivity index is 1.78. The number of carbonyl (C=O) groups is 3. The van der Waals surface area contributed by atoms with E-state index in [1.807, 2.05) is 30.3 Å². The van der Waals surface area contributed by atoms with E-state index in [4.69, 9.17) is 9.52 Å². The number of aryl methyl sites for hydroxylation is 1. The summed E-state index contributed by atoms with van der Waals surface area (Å²) in [4.78, 5) is 38.0. The quantitative estimate of drug-likeness (QED) is 0.814. The second kappa shape index (κ2) is 8.07. The van der Waals surface area contributed by atoms with Crippen LogP contribution in [0.3, 0.4) is 0 Å². The Morgan fingerprint density at radius 1 is 1.26 bits per heavy atom. The van der Waals surface area contributed by atoms with Gasteiger partial charge in [-0.3, -0.25) is 9.59 Å². The molecule has 1 fully saturated rings. The zero-order chi connectivity index (χ0) is 19.4. The highest BCUT2D eigenvalue weighted by molar-refractivity contribution is 5.90. The topological polar surface area (TPSA) is 99.9 Å². The van der Waals surface area contributed by atoms with Crippen LogP contribution in [-0.2, 0) is 16.1 Å². The van der Waals surface area contributed by atoms with Gasteiger partial charge in [0.25, 0.3) is 0 Å². The molecule has 2 amide bonds. The molecule has 2 aromatic rings. The van der Waals surface area contributed by atoms with E-state index in [0.717, 1.165) is 18.4 Å². The van der Waals surface area contributed by atoms with Crippen molar-refractivity contribution in [3.63, 3.8) is 0 Å². The molecule has 1 saturated heterocycles. The highest BCUT2D eigenvalue weighted by atomic mass is 16.4. The summed E-state index contributed by atoms with van der Waals surface area (Å²) in [6.45, 7) is 2.15. The number of carboxylic acid groups (broad SMARTS) is 1. The van der Waals surface area contributed by atoms with Crippen molar-refractivity contribution in [3.05, 3.63) is 59.0 Å². The van der Waals surface area contributed by atoms with E-state index in [1.54, 1.807) is 11.8 Å². The Labute approximate surface area is 157 Å². The van der Waals surface area contributed by atoms with Gasteiger partial charge in [0.05, 0.1) is 6.54 Å². The van der Waals surface area contributed by atoms with Crippen LogP contribution in [0.25, 0.3) is 0 Å². The predicted octanol–water partition coefficient (Wildman–Crippen LogP) is 2.66. The molecule has 1 aromatic heterocycles. The first kappa shape index (κ1) is 18.7. The standard InChI is InChI=1S/C20H22N2O5/c1-13-16(20(25)26)11-15(27-13)12-21-19(24)18(14-7-3-2-4-8-14)22-10-6-5-9-17(22)23/h2-4,7-8,11,18H,5-6,9-10,12H2,1H3,(H,21,24)(H,25,26). The molecule has 142 valence electrons. The summed E-state index contributed by atoms with van der Waals surface area (Å²) >= 11 is 0. The van der Waals surface area contributed by atoms with Crippen molar-refractivity contribution >= 4 is 17.8 Å². The van der Waals surface area contributed by atoms with Gasteiger partial charge in [-0.25, -0.2) is 4.79 Å². The van der Waals surface area contributed by atoms with Gasteiger partial charge in [-0.2, -0.15) is 0 Å². The van der Waals surface area contributed by atoms with Crippen molar-refractivity contribution in [2.45, 2.75) is 38.8 Å².